The Kier molecular flexibility index (Phi) is 6.15. The molecular weight excluding hydrogens is 343 g/mol. The molecule has 0 saturated carbocycles. The van der Waals surface area contributed by atoms with Crippen LogP contribution in [0.3, 0.4) is 0 Å². The van der Waals surface area contributed by atoms with E-state index in [4.69, 9.17) is 4.74 Å². The highest BCUT2D eigenvalue weighted by Crippen LogP contribution is 2.19. The van der Waals surface area contributed by atoms with Gasteiger partial charge in [0.25, 0.3) is 11.6 Å². The van der Waals surface area contributed by atoms with Crippen LogP contribution in [0.5, 0.6) is 0 Å². The number of amides is 1. The van der Waals surface area contributed by atoms with Gasteiger partial charge in [0.1, 0.15) is 5.82 Å². The second-order valence-electron chi connectivity index (χ2n) is 5.22. The van der Waals surface area contributed by atoms with Crippen LogP contribution in [0.15, 0.2) is 54.6 Å². The third-order valence-electron chi connectivity index (χ3n) is 3.31. The van der Waals surface area contributed by atoms with Crippen LogP contribution in [-0.4, -0.2) is 22.9 Å². The third kappa shape index (κ3) is 5.23. The summed E-state index contributed by atoms with van der Waals surface area (Å²) in [5.74, 6) is -1.86. The highest BCUT2D eigenvalue weighted by Gasteiger charge is 2.17. The van der Waals surface area contributed by atoms with Crippen LogP contribution in [0.1, 0.15) is 12.5 Å². The molecule has 0 aliphatic heterocycles. The van der Waals surface area contributed by atoms with Crippen LogP contribution in [0, 0.1) is 15.9 Å². The Morgan fingerprint density at radius 3 is 2.50 bits per heavy atom. The molecule has 0 radical (unpaired) electrons. The van der Waals surface area contributed by atoms with Gasteiger partial charge in [-0.2, -0.15) is 0 Å². The van der Waals surface area contributed by atoms with Crippen molar-refractivity contribution in [3.8, 4) is 0 Å². The normalized spacial score (nSPS) is 11.8. The lowest BCUT2D eigenvalue weighted by molar-refractivity contribution is -0.385. The van der Waals surface area contributed by atoms with Crippen molar-refractivity contribution in [1.82, 2.24) is 0 Å². The third-order valence-corrected chi connectivity index (χ3v) is 3.31. The Hall–Kier alpha value is -3.55. The summed E-state index contributed by atoms with van der Waals surface area (Å²) in [5.41, 5.74) is 0.436. The van der Waals surface area contributed by atoms with Crippen molar-refractivity contribution < 1.29 is 23.6 Å². The van der Waals surface area contributed by atoms with Gasteiger partial charge in [-0.1, -0.05) is 12.1 Å². The van der Waals surface area contributed by atoms with Crippen LogP contribution in [-0.2, 0) is 14.3 Å². The molecule has 2 rings (SSSR count). The van der Waals surface area contributed by atoms with Crippen LogP contribution in [0.25, 0.3) is 6.08 Å². The average Bonchev–Trinajstić information content (AvgIpc) is 2.62. The van der Waals surface area contributed by atoms with Gasteiger partial charge in [-0.05, 0) is 43.3 Å². The van der Waals surface area contributed by atoms with Gasteiger partial charge >= 0.3 is 5.97 Å². The predicted octanol–water partition coefficient (Wildman–Crippen LogP) is 3.32. The molecule has 0 aromatic heterocycles. The molecule has 0 bridgehead atoms. The summed E-state index contributed by atoms with van der Waals surface area (Å²) in [6.07, 6.45) is 1.14. The lowest BCUT2D eigenvalue weighted by Crippen LogP contribution is -2.29. The number of nitrogens with zero attached hydrogens (tertiary/aromatic N) is 1. The molecule has 0 fully saturated rings. The summed E-state index contributed by atoms with van der Waals surface area (Å²) in [6, 6.07) is 11.0. The maximum absolute atomic E-state index is 12.8. The topological polar surface area (TPSA) is 98.5 Å². The minimum Gasteiger partial charge on any atom is -0.449 e. The van der Waals surface area contributed by atoms with Gasteiger partial charge in [0.15, 0.2) is 6.10 Å². The molecule has 0 aliphatic carbocycles. The summed E-state index contributed by atoms with van der Waals surface area (Å²) in [4.78, 5) is 34.1. The molecule has 1 N–H and O–H groups in total. The SMILES string of the molecule is C[C@@H](OC(=O)/C=C/c1ccccc1[N+](=O)[O-])C(=O)Nc1ccc(F)cc1. The first-order valence-corrected chi connectivity index (χ1v) is 7.55. The molecule has 0 heterocycles. The summed E-state index contributed by atoms with van der Waals surface area (Å²) >= 11 is 0. The van der Waals surface area contributed by atoms with Crippen molar-refractivity contribution in [2.45, 2.75) is 13.0 Å². The number of ether oxygens (including phenoxy) is 1. The highest BCUT2D eigenvalue weighted by atomic mass is 19.1. The standard InChI is InChI=1S/C18H15FN2O5/c1-12(18(23)20-15-9-7-14(19)8-10-15)26-17(22)11-6-13-4-2-3-5-16(13)21(24)25/h2-12H,1H3,(H,20,23)/b11-6+/t12-/m1/s1. The van der Waals surface area contributed by atoms with Gasteiger partial charge in [0.2, 0.25) is 0 Å². The Morgan fingerprint density at radius 1 is 1.19 bits per heavy atom. The van der Waals surface area contributed by atoms with Crippen molar-refractivity contribution in [3.63, 3.8) is 0 Å². The number of rotatable bonds is 6. The predicted molar refractivity (Wildman–Crippen MR) is 92.7 cm³/mol. The largest absolute Gasteiger partial charge is 0.449 e. The molecule has 1 atom stereocenters. The van der Waals surface area contributed by atoms with E-state index < -0.39 is 28.7 Å². The fourth-order valence-electron chi connectivity index (χ4n) is 2.00. The van der Waals surface area contributed by atoms with Gasteiger partial charge in [0.05, 0.1) is 10.5 Å². The number of hydrogen-bond donors (Lipinski definition) is 1. The number of benzene rings is 2. The summed E-state index contributed by atoms with van der Waals surface area (Å²) in [6.45, 7) is 1.37. The van der Waals surface area contributed by atoms with Gasteiger partial charge in [0, 0.05) is 17.8 Å². The zero-order valence-electron chi connectivity index (χ0n) is 13.7. The molecule has 0 aliphatic rings. The summed E-state index contributed by atoms with van der Waals surface area (Å²) < 4.78 is 17.8. The van der Waals surface area contributed by atoms with Crippen molar-refractivity contribution >= 4 is 29.3 Å². The minimum atomic E-state index is -1.11. The molecule has 8 heteroatoms. The van der Waals surface area contributed by atoms with E-state index in [0.717, 1.165) is 6.08 Å². The van der Waals surface area contributed by atoms with Gasteiger partial charge < -0.3 is 10.1 Å². The molecule has 7 nitrogen and oxygen atoms in total. The van der Waals surface area contributed by atoms with E-state index in [1.54, 1.807) is 6.07 Å². The number of hydrogen-bond acceptors (Lipinski definition) is 5. The smallest absolute Gasteiger partial charge is 0.331 e. The zero-order valence-corrected chi connectivity index (χ0v) is 13.7. The molecule has 134 valence electrons. The van der Waals surface area contributed by atoms with Crippen molar-refractivity contribution in [2.75, 3.05) is 5.32 Å². The molecule has 2 aromatic rings. The molecule has 0 unspecified atom stereocenters. The maximum atomic E-state index is 12.8. The molecule has 0 spiro atoms. The van der Waals surface area contributed by atoms with Gasteiger partial charge in [-0.15, -0.1) is 0 Å². The first kappa shape index (κ1) is 18.8. The Bertz CT molecular complexity index is 849. The monoisotopic (exact) mass is 358 g/mol. The number of nitro groups is 1. The minimum absolute atomic E-state index is 0.154. The molecule has 1 amide bonds. The number of carbonyl (C=O) groups is 2. The molecule has 0 saturated heterocycles. The number of carbonyl (C=O) groups excluding carboxylic acids is 2. The average molecular weight is 358 g/mol. The first-order chi connectivity index (χ1) is 12.4. The Labute approximate surface area is 148 Å². The van der Waals surface area contributed by atoms with Crippen LogP contribution >= 0.6 is 0 Å². The van der Waals surface area contributed by atoms with E-state index in [-0.39, 0.29) is 11.3 Å². The number of esters is 1. The zero-order chi connectivity index (χ0) is 19.1. The van der Waals surface area contributed by atoms with E-state index >= 15 is 0 Å². The summed E-state index contributed by atoms with van der Waals surface area (Å²) in [7, 11) is 0. The number of anilines is 1. The van der Waals surface area contributed by atoms with Crippen LogP contribution < -0.4 is 5.32 Å². The first-order valence-electron chi connectivity index (χ1n) is 7.55. The fourth-order valence-corrected chi connectivity index (χ4v) is 2.00. The molecule has 26 heavy (non-hydrogen) atoms. The Morgan fingerprint density at radius 2 is 1.85 bits per heavy atom. The number of nitrogens with one attached hydrogen (secondary N) is 1. The Balaban J connectivity index is 1.95. The van der Waals surface area contributed by atoms with Crippen LogP contribution in [0.4, 0.5) is 15.8 Å². The van der Waals surface area contributed by atoms with Gasteiger partial charge in [-0.25, -0.2) is 9.18 Å². The van der Waals surface area contributed by atoms with E-state index in [1.165, 1.54) is 55.5 Å². The van der Waals surface area contributed by atoms with Crippen molar-refractivity contribution in [2.24, 2.45) is 0 Å². The number of para-hydroxylation sites is 1. The van der Waals surface area contributed by atoms with E-state index in [2.05, 4.69) is 5.32 Å². The van der Waals surface area contributed by atoms with E-state index in [0.29, 0.717) is 5.69 Å². The fraction of sp³-hybridized carbons (Fsp3) is 0.111. The lowest BCUT2D eigenvalue weighted by Gasteiger charge is -2.12. The van der Waals surface area contributed by atoms with Crippen LogP contribution in [0.2, 0.25) is 0 Å². The van der Waals surface area contributed by atoms with Gasteiger partial charge in [-0.3, -0.25) is 14.9 Å². The summed E-state index contributed by atoms with van der Waals surface area (Å²) in [5, 5.41) is 13.4. The second kappa shape index (κ2) is 8.52. The number of nitro benzene ring substituents is 1. The second-order valence-corrected chi connectivity index (χ2v) is 5.22. The lowest BCUT2D eigenvalue weighted by atomic mass is 10.1. The van der Waals surface area contributed by atoms with Crippen molar-refractivity contribution in [3.05, 3.63) is 76.1 Å². The van der Waals surface area contributed by atoms with E-state index in [9.17, 15) is 24.1 Å². The highest BCUT2D eigenvalue weighted by molar-refractivity contribution is 5.96. The van der Waals surface area contributed by atoms with Crippen molar-refractivity contribution in [1.29, 1.82) is 0 Å². The molecule has 2 aromatic carbocycles. The number of halogens is 1. The molecular formula is C18H15FN2O5. The quantitative estimate of drug-likeness (QED) is 0.370. The maximum Gasteiger partial charge on any atom is 0.331 e. The van der Waals surface area contributed by atoms with E-state index in [1.807, 2.05) is 0 Å².